The van der Waals surface area contributed by atoms with E-state index in [-0.39, 0.29) is 5.56 Å². The van der Waals surface area contributed by atoms with E-state index >= 15 is 0 Å². The maximum Gasteiger partial charge on any atom is 0.332 e. The van der Waals surface area contributed by atoms with Crippen molar-refractivity contribution < 1.29 is 0 Å². The van der Waals surface area contributed by atoms with Gasteiger partial charge in [0.25, 0.3) is 5.56 Å². The van der Waals surface area contributed by atoms with E-state index in [1.807, 2.05) is 30.5 Å². The number of halogens is 1. The Kier molecular flexibility index (Phi) is 9.44. The fourth-order valence-corrected chi connectivity index (χ4v) is 8.28. The molecule has 1 unspecified atom stereocenters. The van der Waals surface area contributed by atoms with Gasteiger partial charge in [0.1, 0.15) is 0 Å². The van der Waals surface area contributed by atoms with Gasteiger partial charge < -0.3 is 25.0 Å². The van der Waals surface area contributed by atoms with Crippen LogP contribution < -0.4 is 21.5 Å². The number of nitrogens with zero attached hydrogens (tertiary/aromatic N) is 6. The zero-order valence-corrected chi connectivity index (χ0v) is 29.0. The number of H-pyrrole nitrogens is 2. The van der Waals surface area contributed by atoms with Crippen molar-refractivity contribution in [1.29, 1.82) is 0 Å². The number of rotatable bonds is 9. The molecule has 50 heavy (non-hydrogen) atoms. The van der Waals surface area contributed by atoms with Gasteiger partial charge in [-0.25, -0.2) is 14.8 Å². The second-order valence-electron chi connectivity index (χ2n) is 14.2. The number of hydrogen-bond acceptors (Lipinski definition) is 8. The second kappa shape index (κ2) is 14.4. The lowest BCUT2D eigenvalue weighted by atomic mass is 9.92. The van der Waals surface area contributed by atoms with Crippen molar-refractivity contribution in [3.63, 3.8) is 0 Å². The Balaban J connectivity index is 0.766. The van der Waals surface area contributed by atoms with Crippen molar-refractivity contribution >= 4 is 34.1 Å². The Morgan fingerprint density at radius 1 is 0.820 bits per heavy atom. The molecule has 5 aromatic rings. The average molecular weight is 694 g/mol. The van der Waals surface area contributed by atoms with Gasteiger partial charge in [0, 0.05) is 85.9 Å². The van der Waals surface area contributed by atoms with Crippen molar-refractivity contribution in [3.8, 4) is 16.9 Å². The molecule has 0 spiro atoms. The van der Waals surface area contributed by atoms with Gasteiger partial charge >= 0.3 is 5.69 Å². The number of aromatic amines is 2. The maximum absolute atomic E-state index is 12.1. The molecule has 3 aliphatic rings. The lowest BCUT2D eigenvalue weighted by Crippen LogP contribution is -2.43. The number of fused-ring (bicyclic) bond motifs is 1. The van der Waals surface area contributed by atoms with E-state index in [1.165, 1.54) is 74.4 Å². The largest absolute Gasteiger partial charge is 0.372 e. The highest BCUT2D eigenvalue weighted by Crippen LogP contribution is 2.33. The van der Waals surface area contributed by atoms with Crippen molar-refractivity contribution in [2.75, 3.05) is 62.6 Å². The lowest BCUT2D eigenvalue weighted by Gasteiger charge is -2.39. The summed E-state index contributed by atoms with van der Waals surface area (Å²) in [6.45, 7) is 8.98. The van der Waals surface area contributed by atoms with Gasteiger partial charge in [-0.05, 0) is 87.4 Å². The highest BCUT2D eigenvalue weighted by molar-refractivity contribution is 6.33. The van der Waals surface area contributed by atoms with Crippen molar-refractivity contribution in [2.24, 2.45) is 11.8 Å². The van der Waals surface area contributed by atoms with Crippen LogP contribution in [0.5, 0.6) is 0 Å². The number of para-hydroxylation sites is 1. The highest BCUT2D eigenvalue weighted by atomic mass is 35.5. The first-order valence-electron chi connectivity index (χ1n) is 17.9. The molecule has 1 atom stereocenters. The van der Waals surface area contributed by atoms with Crippen LogP contribution in [-0.2, 0) is 0 Å². The first-order valence-corrected chi connectivity index (χ1v) is 18.3. The maximum atomic E-state index is 12.1. The lowest BCUT2D eigenvalue weighted by molar-refractivity contribution is 0.131. The van der Waals surface area contributed by atoms with E-state index < -0.39 is 5.69 Å². The van der Waals surface area contributed by atoms with Crippen LogP contribution in [0.1, 0.15) is 32.1 Å². The summed E-state index contributed by atoms with van der Waals surface area (Å²) in [7, 11) is 0. The standard InChI is InChI=1S/C38H44ClN9O2/c39-33-22-41-37(44-36(33)32-21-40-34-4-2-1-3-31(32)34)42-28-13-17-46(25-28)24-26-9-15-45(16-10-26)23-27-11-18-47(19-12-27)29-5-7-30(8-6-29)48-20-14-35(49)43-38(48)50/h1-8,14,20-22,26-28,40H,9-13,15-19,23-25H2,(H,41,42,44)(H,43,49,50). The minimum absolute atomic E-state index is 0.330. The molecule has 11 nitrogen and oxygen atoms in total. The zero-order valence-electron chi connectivity index (χ0n) is 28.2. The highest BCUT2D eigenvalue weighted by Gasteiger charge is 2.29. The Morgan fingerprint density at radius 3 is 2.30 bits per heavy atom. The monoisotopic (exact) mass is 693 g/mol. The summed E-state index contributed by atoms with van der Waals surface area (Å²) >= 11 is 6.56. The van der Waals surface area contributed by atoms with E-state index in [0.717, 1.165) is 72.3 Å². The molecule has 3 fully saturated rings. The summed E-state index contributed by atoms with van der Waals surface area (Å²) < 4.78 is 1.46. The number of nitrogens with one attached hydrogen (secondary N) is 3. The molecule has 0 aliphatic carbocycles. The quantitative estimate of drug-likeness (QED) is 0.192. The van der Waals surface area contributed by atoms with E-state index in [2.05, 4.69) is 59.2 Å². The Hall–Kier alpha value is -4.45. The number of piperidine rings is 2. The zero-order chi connectivity index (χ0) is 34.0. The molecule has 3 aliphatic heterocycles. The van der Waals surface area contributed by atoms with E-state index in [0.29, 0.717) is 17.0 Å². The number of aromatic nitrogens is 5. The normalized spacial score (nSPS) is 19.8. The van der Waals surface area contributed by atoms with Crippen molar-refractivity contribution in [3.05, 3.63) is 99.0 Å². The summed E-state index contributed by atoms with van der Waals surface area (Å²) in [4.78, 5) is 46.3. The fourth-order valence-electron chi connectivity index (χ4n) is 8.09. The fraction of sp³-hybridized carbons (Fsp3) is 0.421. The first-order chi connectivity index (χ1) is 24.4. The van der Waals surface area contributed by atoms with Crippen LogP contribution in [0.4, 0.5) is 11.6 Å². The van der Waals surface area contributed by atoms with Gasteiger partial charge in [-0.2, -0.15) is 0 Å². The number of likely N-dealkylation sites (tertiary alicyclic amines) is 2. The van der Waals surface area contributed by atoms with Crippen LogP contribution in [0.2, 0.25) is 5.02 Å². The van der Waals surface area contributed by atoms with Crippen LogP contribution >= 0.6 is 11.6 Å². The topological polar surface area (TPSA) is 118 Å². The predicted octanol–water partition coefficient (Wildman–Crippen LogP) is 5.23. The molecular weight excluding hydrogens is 650 g/mol. The summed E-state index contributed by atoms with van der Waals surface area (Å²) in [5.41, 5.74) is 3.94. The first kappa shape index (κ1) is 32.7. The third kappa shape index (κ3) is 7.21. The van der Waals surface area contributed by atoms with Crippen molar-refractivity contribution in [1.82, 2.24) is 34.3 Å². The summed E-state index contributed by atoms with van der Waals surface area (Å²) in [5.74, 6) is 2.13. The summed E-state index contributed by atoms with van der Waals surface area (Å²) in [6, 6.07) is 17.9. The molecule has 3 aromatic heterocycles. The number of benzene rings is 2. The minimum Gasteiger partial charge on any atom is -0.372 e. The summed E-state index contributed by atoms with van der Waals surface area (Å²) in [5, 5.41) is 5.25. The van der Waals surface area contributed by atoms with Crippen LogP contribution in [0, 0.1) is 11.8 Å². The second-order valence-corrected chi connectivity index (χ2v) is 14.6. The van der Waals surface area contributed by atoms with Crippen LogP contribution in [0.15, 0.2) is 82.8 Å². The molecule has 0 bridgehead atoms. The molecule has 8 rings (SSSR count). The number of anilines is 2. The molecule has 2 aromatic carbocycles. The van der Waals surface area contributed by atoms with Gasteiger partial charge in [-0.1, -0.05) is 29.8 Å². The molecule has 260 valence electrons. The molecule has 12 heteroatoms. The van der Waals surface area contributed by atoms with Gasteiger partial charge in [0.2, 0.25) is 5.95 Å². The third-order valence-electron chi connectivity index (χ3n) is 10.9. The third-order valence-corrected chi connectivity index (χ3v) is 11.1. The van der Waals surface area contributed by atoms with Crippen LogP contribution in [0.25, 0.3) is 27.8 Å². The minimum atomic E-state index is -0.422. The van der Waals surface area contributed by atoms with E-state index in [9.17, 15) is 9.59 Å². The van der Waals surface area contributed by atoms with E-state index in [1.54, 1.807) is 6.20 Å². The molecule has 0 saturated carbocycles. The van der Waals surface area contributed by atoms with Crippen LogP contribution in [0.3, 0.4) is 0 Å². The SMILES string of the molecule is O=c1ccn(-c2ccc(N3CCC(CN4CCC(CN5CCC(Nc6ncc(Cl)c(-c7c[nH]c8ccccc78)n6)C5)CC4)CC3)cc2)c(=O)[nH]1. The average Bonchev–Trinajstić information content (AvgIpc) is 3.77. The molecule has 0 radical (unpaired) electrons. The van der Waals surface area contributed by atoms with Gasteiger partial charge in [0.15, 0.2) is 0 Å². The van der Waals surface area contributed by atoms with E-state index in [4.69, 9.17) is 16.6 Å². The summed E-state index contributed by atoms with van der Waals surface area (Å²) in [6.07, 6.45) is 11.2. The molecule has 0 amide bonds. The van der Waals surface area contributed by atoms with Crippen molar-refractivity contribution in [2.45, 2.75) is 38.1 Å². The molecular formula is C38H44ClN9O2. The number of hydrogen-bond donors (Lipinski definition) is 3. The van der Waals surface area contributed by atoms with Gasteiger partial charge in [-0.15, -0.1) is 0 Å². The smallest absolute Gasteiger partial charge is 0.332 e. The van der Waals surface area contributed by atoms with Crippen LogP contribution in [-0.4, -0.2) is 92.7 Å². The predicted molar refractivity (Wildman–Crippen MR) is 200 cm³/mol. The molecule has 3 N–H and O–H groups in total. The Morgan fingerprint density at radius 2 is 1.52 bits per heavy atom. The van der Waals surface area contributed by atoms with Gasteiger partial charge in [-0.3, -0.25) is 14.3 Å². The molecule has 6 heterocycles. The Labute approximate surface area is 296 Å². The molecule has 3 saturated heterocycles. The van der Waals surface area contributed by atoms with Gasteiger partial charge in [0.05, 0.1) is 22.6 Å². The Bertz CT molecular complexity index is 2040.